The van der Waals surface area contributed by atoms with Crippen molar-refractivity contribution in [1.82, 2.24) is 24.7 Å². The van der Waals surface area contributed by atoms with Gasteiger partial charge in [0.1, 0.15) is 22.7 Å². The number of benzene rings is 1. The van der Waals surface area contributed by atoms with E-state index in [1.165, 1.54) is 9.47 Å². The quantitative estimate of drug-likeness (QED) is 0.592. The standard InChI is InChI=1S/C28H36N6O6/c1-27(2,3)40-26(39)31-28(4,5)23(36)32-12-14-33(15-13-32)24(37)29-22-10-11-34(25(38)30-22)20-8-6-19-17-21(35)9-7-18(19)16-20/h6,8,10-11,16H,7,9,12-15,17H2,1-5H3,(H,31,39)(H,29,30,37,38). The van der Waals surface area contributed by atoms with Crippen molar-refractivity contribution in [2.45, 2.75) is 65.0 Å². The van der Waals surface area contributed by atoms with Crippen molar-refractivity contribution in [2.24, 2.45) is 0 Å². The maximum absolute atomic E-state index is 13.0. The predicted octanol–water partition coefficient (Wildman–Crippen LogP) is 2.27. The molecule has 12 heteroatoms. The van der Waals surface area contributed by atoms with Gasteiger partial charge in [-0.25, -0.2) is 14.4 Å². The molecule has 214 valence electrons. The Morgan fingerprint density at radius 3 is 2.23 bits per heavy atom. The highest BCUT2D eigenvalue weighted by atomic mass is 16.6. The topological polar surface area (TPSA) is 143 Å². The molecule has 4 amide bonds. The lowest BCUT2D eigenvalue weighted by Crippen LogP contribution is -2.60. The summed E-state index contributed by atoms with van der Waals surface area (Å²) in [6, 6.07) is 6.66. The number of Topliss-reactive ketones (excluding diaryl/α,β-unsaturated/α-hetero) is 1. The van der Waals surface area contributed by atoms with Crippen LogP contribution < -0.4 is 16.3 Å². The summed E-state index contributed by atoms with van der Waals surface area (Å²) >= 11 is 0. The van der Waals surface area contributed by atoms with Crippen molar-refractivity contribution in [3.63, 3.8) is 0 Å². The molecule has 2 N–H and O–H groups in total. The molecule has 1 aliphatic heterocycles. The van der Waals surface area contributed by atoms with Gasteiger partial charge in [-0.1, -0.05) is 6.07 Å². The molecule has 0 spiro atoms. The number of hydrogen-bond donors (Lipinski definition) is 2. The third kappa shape index (κ3) is 6.85. The van der Waals surface area contributed by atoms with Gasteiger partial charge in [-0.05, 0) is 70.4 Å². The molecule has 12 nitrogen and oxygen atoms in total. The molecular formula is C28H36N6O6. The molecule has 2 aromatic rings. The summed E-state index contributed by atoms with van der Waals surface area (Å²) in [6.07, 6.45) is 2.43. The van der Waals surface area contributed by atoms with E-state index in [1.807, 2.05) is 12.1 Å². The van der Waals surface area contributed by atoms with E-state index in [-0.39, 0.29) is 43.7 Å². The van der Waals surface area contributed by atoms with Gasteiger partial charge >= 0.3 is 17.8 Å². The molecule has 0 saturated carbocycles. The van der Waals surface area contributed by atoms with Gasteiger partial charge in [0, 0.05) is 45.2 Å². The molecule has 0 bridgehead atoms. The number of ketones is 1. The Kier molecular flexibility index (Phi) is 7.99. The SMILES string of the molecule is CC(C)(C)OC(=O)NC(C)(C)C(=O)N1CCN(C(=O)Nc2ccn(-c3ccc4c(c3)CCC(=O)C4)c(=O)n2)CC1. The molecule has 2 heterocycles. The number of nitrogens with zero attached hydrogens (tertiary/aromatic N) is 4. The summed E-state index contributed by atoms with van der Waals surface area (Å²) < 4.78 is 6.65. The Balaban J connectivity index is 1.32. The number of anilines is 1. The van der Waals surface area contributed by atoms with Crippen molar-refractivity contribution in [3.05, 3.63) is 52.1 Å². The summed E-state index contributed by atoms with van der Waals surface area (Å²) in [7, 11) is 0. The molecule has 40 heavy (non-hydrogen) atoms. The number of carbonyl (C=O) groups excluding carboxylic acids is 4. The number of rotatable bonds is 4. The van der Waals surface area contributed by atoms with E-state index < -0.39 is 29.0 Å². The molecule has 0 unspecified atom stereocenters. The number of hydrogen-bond acceptors (Lipinski definition) is 7. The highest BCUT2D eigenvalue weighted by molar-refractivity contribution is 5.90. The average Bonchev–Trinajstić information content (AvgIpc) is 2.86. The van der Waals surface area contributed by atoms with E-state index in [1.54, 1.807) is 57.8 Å². The number of piperazine rings is 1. The number of amides is 4. The first-order chi connectivity index (χ1) is 18.7. The van der Waals surface area contributed by atoms with Crippen LogP contribution in [0.5, 0.6) is 0 Å². The van der Waals surface area contributed by atoms with Gasteiger partial charge in [-0.3, -0.25) is 19.5 Å². The van der Waals surface area contributed by atoms with Gasteiger partial charge in [-0.15, -0.1) is 0 Å². The molecule has 0 radical (unpaired) electrons. The predicted molar refractivity (Wildman–Crippen MR) is 147 cm³/mol. The minimum atomic E-state index is -1.18. The highest BCUT2D eigenvalue weighted by Gasteiger charge is 2.36. The van der Waals surface area contributed by atoms with E-state index in [4.69, 9.17) is 4.74 Å². The smallest absolute Gasteiger partial charge is 0.408 e. The van der Waals surface area contributed by atoms with E-state index in [2.05, 4.69) is 15.6 Å². The van der Waals surface area contributed by atoms with Gasteiger partial charge in [0.05, 0.1) is 5.69 Å². The maximum Gasteiger partial charge on any atom is 0.408 e. The zero-order chi connectivity index (χ0) is 29.2. The van der Waals surface area contributed by atoms with E-state index in [0.29, 0.717) is 24.9 Å². The van der Waals surface area contributed by atoms with E-state index >= 15 is 0 Å². The molecule has 1 saturated heterocycles. The number of alkyl carbamates (subject to hydrolysis) is 1. The molecule has 2 aliphatic rings. The third-order valence-corrected chi connectivity index (χ3v) is 6.77. The van der Waals surface area contributed by atoms with E-state index in [0.717, 1.165) is 11.1 Å². The average molecular weight is 553 g/mol. The first kappa shape index (κ1) is 28.8. The molecule has 4 rings (SSSR count). The first-order valence-electron chi connectivity index (χ1n) is 13.3. The van der Waals surface area contributed by atoms with Gasteiger partial charge in [0.15, 0.2) is 0 Å². The Bertz CT molecular complexity index is 1380. The van der Waals surface area contributed by atoms with Crippen LogP contribution in [0.2, 0.25) is 0 Å². The number of nitrogens with one attached hydrogen (secondary N) is 2. The van der Waals surface area contributed by atoms with Crippen molar-refractivity contribution in [2.75, 3.05) is 31.5 Å². The van der Waals surface area contributed by atoms with Crippen LogP contribution in [0.3, 0.4) is 0 Å². The van der Waals surface area contributed by atoms with Crippen LogP contribution in [0, 0.1) is 0 Å². The molecule has 1 aliphatic carbocycles. The summed E-state index contributed by atoms with van der Waals surface area (Å²) in [5, 5.41) is 5.27. The minimum absolute atomic E-state index is 0.121. The Morgan fingerprint density at radius 1 is 0.900 bits per heavy atom. The van der Waals surface area contributed by atoms with Crippen LogP contribution in [0.25, 0.3) is 5.69 Å². The summed E-state index contributed by atoms with van der Waals surface area (Å²) in [5.41, 5.74) is 0.258. The molecule has 1 aromatic heterocycles. The van der Waals surface area contributed by atoms with Crippen molar-refractivity contribution >= 4 is 29.6 Å². The molecule has 1 fully saturated rings. The van der Waals surface area contributed by atoms with Gasteiger partial charge in [0.25, 0.3) is 0 Å². The monoisotopic (exact) mass is 552 g/mol. The Labute approximate surface area is 232 Å². The summed E-state index contributed by atoms with van der Waals surface area (Å²) in [6.45, 7) is 9.55. The summed E-state index contributed by atoms with van der Waals surface area (Å²) in [5.74, 6) is 0.0553. The van der Waals surface area contributed by atoms with E-state index in [9.17, 15) is 24.0 Å². The Hall–Kier alpha value is -4.22. The second-order valence-corrected chi connectivity index (χ2v) is 11.6. The fraction of sp³-hybridized carbons (Fsp3) is 0.500. The van der Waals surface area contributed by atoms with Crippen LogP contribution in [0.15, 0.2) is 35.3 Å². The van der Waals surface area contributed by atoms with Gasteiger partial charge < -0.3 is 19.9 Å². The highest BCUT2D eigenvalue weighted by Crippen LogP contribution is 2.22. The van der Waals surface area contributed by atoms with Crippen LogP contribution in [-0.4, -0.2) is 80.5 Å². The molecule has 1 aromatic carbocycles. The van der Waals surface area contributed by atoms with Gasteiger partial charge in [0.2, 0.25) is 5.91 Å². The third-order valence-electron chi connectivity index (χ3n) is 6.77. The number of carbonyl (C=O) groups is 4. The minimum Gasteiger partial charge on any atom is -0.444 e. The van der Waals surface area contributed by atoms with Crippen LogP contribution in [0.4, 0.5) is 15.4 Å². The molecule has 0 atom stereocenters. The van der Waals surface area contributed by atoms with Crippen molar-refractivity contribution in [3.8, 4) is 5.69 Å². The number of urea groups is 1. The lowest BCUT2D eigenvalue weighted by molar-refractivity contribution is -0.138. The number of fused-ring (bicyclic) bond motifs is 1. The van der Waals surface area contributed by atoms with Crippen molar-refractivity contribution < 1.29 is 23.9 Å². The number of aryl methyl sites for hydroxylation is 1. The Morgan fingerprint density at radius 2 is 1.57 bits per heavy atom. The lowest BCUT2D eigenvalue weighted by Gasteiger charge is -2.38. The number of ether oxygens (including phenoxy) is 1. The second-order valence-electron chi connectivity index (χ2n) is 11.6. The van der Waals surface area contributed by atoms with Gasteiger partial charge in [-0.2, -0.15) is 4.98 Å². The normalized spacial score (nSPS) is 15.8. The van der Waals surface area contributed by atoms with Crippen LogP contribution in [-0.2, 0) is 27.2 Å². The zero-order valence-electron chi connectivity index (χ0n) is 23.6. The molecular weight excluding hydrogens is 516 g/mol. The second kappa shape index (κ2) is 11.1. The maximum atomic E-state index is 13.0. The van der Waals surface area contributed by atoms with Crippen molar-refractivity contribution in [1.29, 1.82) is 0 Å². The fourth-order valence-corrected chi connectivity index (χ4v) is 4.72. The first-order valence-corrected chi connectivity index (χ1v) is 13.3. The zero-order valence-corrected chi connectivity index (χ0v) is 23.6. The lowest BCUT2D eigenvalue weighted by atomic mass is 9.90. The number of aromatic nitrogens is 2. The van der Waals surface area contributed by atoms with Crippen LogP contribution in [0.1, 0.15) is 52.2 Å². The van der Waals surface area contributed by atoms with Crippen LogP contribution >= 0.6 is 0 Å². The largest absolute Gasteiger partial charge is 0.444 e. The summed E-state index contributed by atoms with van der Waals surface area (Å²) in [4.78, 5) is 69.6. The fourth-order valence-electron chi connectivity index (χ4n) is 4.72.